The molecule has 1 rings (SSSR count). The van der Waals surface area contributed by atoms with Gasteiger partial charge in [0.05, 0.1) is 0 Å². The summed E-state index contributed by atoms with van der Waals surface area (Å²) in [6.07, 6.45) is -1.20. The van der Waals surface area contributed by atoms with Gasteiger partial charge in [0.1, 0.15) is 6.09 Å². The third-order valence-corrected chi connectivity index (χ3v) is 2.58. The van der Waals surface area contributed by atoms with E-state index in [1.165, 1.54) is 7.05 Å². The number of carbonyl (C=O) groups excluding carboxylic acids is 1. The van der Waals surface area contributed by atoms with E-state index in [-0.39, 0.29) is 0 Å². The first-order valence-corrected chi connectivity index (χ1v) is 5.08. The first kappa shape index (κ1) is 12.4. The Morgan fingerprint density at radius 3 is 1.88 bits per heavy atom. The van der Waals surface area contributed by atoms with Gasteiger partial charge in [0.2, 0.25) is 0 Å². The zero-order valence-electron chi connectivity index (χ0n) is 10.4. The molecule has 1 amide bonds. The second-order valence-electron chi connectivity index (χ2n) is 4.15. The molecule has 1 aromatic carbocycles. The number of carboxylic acid groups (broad SMARTS) is 1. The molecule has 0 saturated heterocycles. The fourth-order valence-electron chi connectivity index (χ4n) is 1.94. The van der Waals surface area contributed by atoms with Crippen LogP contribution in [0.2, 0.25) is 0 Å². The van der Waals surface area contributed by atoms with Crippen molar-refractivity contribution in [2.45, 2.75) is 13.8 Å². The summed E-state index contributed by atoms with van der Waals surface area (Å²) in [4.78, 5) is 13.9. The summed E-state index contributed by atoms with van der Waals surface area (Å²) in [5.74, 6) is 0. The fourth-order valence-corrected chi connectivity index (χ4v) is 1.94. The van der Waals surface area contributed by atoms with Crippen LogP contribution in [-0.2, 0) is 0 Å². The average molecular weight is 221 g/mol. The van der Waals surface area contributed by atoms with Crippen LogP contribution in [0.4, 0.5) is 16.2 Å². The standard InChI is InChI=1S/C12H18N2O2/c1-8-6-10(14(5)12(15)16)7-9(2)11(8)13(3)4/h6-7H,1-5H3,(H,15,16)/p-1. The number of hydrogen-bond acceptors (Lipinski definition) is 3. The fraction of sp³-hybridized carbons (Fsp3) is 0.417. The van der Waals surface area contributed by atoms with Gasteiger partial charge < -0.3 is 19.7 Å². The van der Waals surface area contributed by atoms with Crippen LogP contribution < -0.4 is 14.9 Å². The summed E-state index contributed by atoms with van der Waals surface area (Å²) in [5, 5.41) is 10.7. The molecule has 0 spiro atoms. The van der Waals surface area contributed by atoms with Crippen LogP contribution in [0.3, 0.4) is 0 Å². The SMILES string of the molecule is Cc1cc(N(C)C(=O)[O-])cc(C)c1N(C)C. The number of anilines is 2. The lowest BCUT2D eigenvalue weighted by molar-refractivity contribution is -0.246. The zero-order chi connectivity index (χ0) is 12.5. The normalized spacial score (nSPS) is 10.1. The summed E-state index contributed by atoms with van der Waals surface area (Å²) in [5.41, 5.74) is 3.86. The van der Waals surface area contributed by atoms with Gasteiger partial charge in [-0.1, -0.05) is 0 Å². The predicted molar refractivity (Wildman–Crippen MR) is 64.0 cm³/mol. The van der Waals surface area contributed by atoms with Crippen molar-refractivity contribution in [1.29, 1.82) is 0 Å². The van der Waals surface area contributed by atoms with Crippen molar-refractivity contribution in [1.82, 2.24) is 0 Å². The van der Waals surface area contributed by atoms with Crippen LogP contribution in [0.1, 0.15) is 11.1 Å². The topological polar surface area (TPSA) is 46.6 Å². The molecule has 0 aromatic heterocycles. The number of benzene rings is 1. The zero-order valence-corrected chi connectivity index (χ0v) is 10.4. The van der Waals surface area contributed by atoms with E-state index in [1.807, 2.05) is 45.0 Å². The summed E-state index contributed by atoms with van der Waals surface area (Å²) in [6, 6.07) is 3.69. The minimum absolute atomic E-state index is 0.639. The second kappa shape index (κ2) is 4.43. The average Bonchev–Trinajstić information content (AvgIpc) is 2.14. The maximum absolute atomic E-state index is 10.7. The first-order valence-electron chi connectivity index (χ1n) is 5.08. The molecule has 0 heterocycles. The third-order valence-electron chi connectivity index (χ3n) is 2.58. The minimum atomic E-state index is -1.20. The van der Waals surface area contributed by atoms with Gasteiger partial charge in [-0.25, -0.2) is 0 Å². The molecule has 0 atom stereocenters. The maximum atomic E-state index is 10.7. The Kier molecular flexibility index (Phi) is 3.42. The lowest BCUT2D eigenvalue weighted by Gasteiger charge is -2.24. The number of amides is 1. The number of carbonyl (C=O) groups is 1. The Bertz CT molecular complexity index is 390. The molecule has 4 heteroatoms. The van der Waals surface area contributed by atoms with Gasteiger partial charge in [0.15, 0.2) is 0 Å². The van der Waals surface area contributed by atoms with E-state index in [9.17, 15) is 9.90 Å². The van der Waals surface area contributed by atoms with Crippen LogP contribution in [0.15, 0.2) is 12.1 Å². The molecule has 0 bridgehead atoms. The van der Waals surface area contributed by atoms with Crippen molar-refractivity contribution in [2.75, 3.05) is 30.9 Å². The smallest absolute Gasteiger partial charge is 0.141 e. The van der Waals surface area contributed by atoms with Gasteiger partial charge >= 0.3 is 0 Å². The van der Waals surface area contributed by atoms with Crippen LogP contribution in [-0.4, -0.2) is 27.2 Å². The van der Waals surface area contributed by atoms with E-state index in [0.717, 1.165) is 21.7 Å². The first-order chi connectivity index (χ1) is 7.34. The van der Waals surface area contributed by atoms with Gasteiger partial charge in [-0.2, -0.15) is 0 Å². The van der Waals surface area contributed by atoms with Crippen LogP contribution in [0.5, 0.6) is 0 Å². The number of hydrogen-bond donors (Lipinski definition) is 0. The quantitative estimate of drug-likeness (QED) is 0.752. The molecule has 0 aliphatic carbocycles. The van der Waals surface area contributed by atoms with Crippen molar-refractivity contribution < 1.29 is 9.90 Å². The van der Waals surface area contributed by atoms with Crippen LogP contribution in [0.25, 0.3) is 0 Å². The predicted octanol–water partition coefficient (Wildman–Crippen LogP) is 1.15. The van der Waals surface area contributed by atoms with E-state index >= 15 is 0 Å². The Hall–Kier alpha value is -1.71. The molecule has 0 aliphatic rings. The minimum Gasteiger partial charge on any atom is -0.530 e. The lowest BCUT2D eigenvalue weighted by Crippen LogP contribution is -2.38. The Morgan fingerprint density at radius 2 is 1.56 bits per heavy atom. The molecule has 16 heavy (non-hydrogen) atoms. The molecule has 0 N–H and O–H groups in total. The van der Waals surface area contributed by atoms with E-state index < -0.39 is 6.09 Å². The summed E-state index contributed by atoms with van der Waals surface area (Å²) >= 11 is 0. The molecule has 0 radical (unpaired) electrons. The van der Waals surface area contributed by atoms with Gasteiger partial charge in [0, 0.05) is 32.5 Å². The van der Waals surface area contributed by atoms with Gasteiger partial charge in [-0.3, -0.25) is 0 Å². The van der Waals surface area contributed by atoms with E-state index in [4.69, 9.17) is 0 Å². The number of nitrogens with zero attached hydrogens (tertiary/aromatic N) is 2. The summed E-state index contributed by atoms with van der Waals surface area (Å²) in [7, 11) is 5.42. The Labute approximate surface area is 96.1 Å². The van der Waals surface area contributed by atoms with Crippen molar-refractivity contribution >= 4 is 17.5 Å². The largest absolute Gasteiger partial charge is 0.530 e. The highest BCUT2D eigenvalue weighted by molar-refractivity contribution is 5.85. The third kappa shape index (κ3) is 2.27. The number of rotatable bonds is 2. The highest BCUT2D eigenvalue weighted by Crippen LogP contribution is 2.28. The van der Waals surface area contributed by atoms with Gasteiger partial charge in [-0.15, -0.1) is 0 Å². The van der Waals surface area contributed by atoms with Gasteiger partial charge in [-0.05, 0) is 37.1 Å². The van der Waals surface area contributed by atoms with Crippen molar-refractivity contribution in [3.63, 3.8) is 0 Å². The number of aryl methyl sites for hydroxylation is 2. The van der Waals surface area contributed by atoms with Gasteiger partial charge in [0.25, 0.3) is 0 Å². The van der Waals surface area contributed by atoms with E-state index in [0.29, 0.717) is 5.69 Å². The monoisotopic (exact) mass is 221 g/mol. The van der Waals surface area contributed by atoms with Crippen molar-refractivity contribution in [3.8, 4) is 0 Å². The molecular weight excluding hydrogens is 204 g/mol. The van der Waals surface area contributed by atoms with Crippen molar-refractivity contribution in [3.05, 3.63) is 23.3 Å². The van der Waals surface area contributed by atoms with Crippen LogP contribution >= 0.6 is 0 Å². The molecule has 0 saturated carbocycles. The van der Waals surface area contributed by atoms with Crippen molar-refractivity contribution in [2.24, 2.45) is 0 Å². The van der Waals surface area contributed by atoms with E-state index in [1.54, 1.807) is 0 Å². The lowest BCUT2D eigenvalue weighted by atomic mass is 10.1. The Balaban J connectivity index is 3.24. The summed E-state index contributed by atoms with van der Waals surface area (Å²) < 4.78 is 0. The summed E-state index contributed by atoms with van der Waals surface area (Å²) in [6.45, 7) is 3.93. The molecule has 88 valence electrons. The maximum Gasteiger partial charge on any atom is 0.141 e. The molecule has 0 unspecified atom stereocenters. The molecular formula is C12H17N2O2-. The molecule has 1 aromatic rings. The molecule has 4 nitrogen and oxygen atoms in total. The van der Waals surface area contributed by atoms with Crippen LogP contribution in [0, 0.1) is 13.8 Å². The second-order valence-corrected chi connectivity index (χ2v) is 4.15. The Morgan fingerprint density at radius 1 is 1.12 bits per heavy atom. The van der Waals surface area contributed by atoms with E-state index in [2.05, 4.69) is 0 Å². The highest BCUT2D eigenvalue weighted by Gasteiger charge is 2.09. The molecule has 0 fully saturated rings. The molecule has 0 aliphatic heterocycles. The highest BCUT2D eigenvalue weighted by atomic mass is 16.4.